The van der Waals surface area contributed by atoms with Crippen molar-refractivity contribution in [3.63, 3.8) is 0 Å². The second-order valence-corrected chi connectivity index (χ2v) is 15.0. The minimum atomic E-state index is -2.33. The lowest BCUT2D eigenvalue weighted by Crippen LogP contribution is -2.47. The molecule has 1 heterocycles. The highest BCUT2D eigenvalue weighted by atomic mass is 35.5. The maximum Gasteiger partial charge on any atom is 0.404 e. The van der Waals surface area contributed by atoms with Crippen LogP contribution in [0.25, 0.3) is 0 Å². The van der Waals surface area contributed by atoms with Crippen molar-refractivity contribution in [3.05, 3.63) is 28.3 Å². The number of carbonyl (C=O) groups excluding carboxylic acids is 1. The van der Waals surface area contributed by atoms with Crippen molar-refractivity contribution in [2.45, 2.75) is 82.5 Å². The molecule has 30 heavy (non-hydrogen) atoms. The van der Waals surface area contributed by atoms with Crippen LogP contribution in [-0.4, -0.2) is 36.8 Å². The molecule has 1 unspecified atom stereocenters. The van der Waals surface area contributed by atoms with Gasteiger partial charge < -0.3 is 20.0 Å². The summed E-state index contributed by atoms with van der Waals surface area (Å²) in [6, 6.07) is 1.23. The van der Waals surface area contributed by atoms with E-state index < -0.39 is 48.9 Å². The number of alkyl halides is 1. The molecule has 0 spiro atoms. The molecular weight excluding hydrogens is 434 g/mol. The first-order valence-electron chi connectivity index (χ1n) is 9.77. The average Bonchev–Trinajstić information content (AvgIpc) is 3.32. The number of primary amides is 1. The number of nitrogens with two attached hydrogens (primary N) is 1. The third-order valence-corrected chi connectivity index (χ3v) is 11.0. The third-order valence-electron chi connectivity index (χ3n) is 6.16. The number of carbonyl (C=O) groups is 1. The fourth-order valence-electron chi connectivity index (χ4n) is 3.13. The first kappa shape index (κ1) is 25.0. The number of aromatic nitrogens is 1. The van der Waals surface area contributed by atoms with E-state index >= 15 is 8.78 Å². The van der Waals surface area contributed by atoms with Gasteiger partial charge in [0, 0.05) is 5.56 Å². The predicted octanol–water partition coefficient (Wildman–Crippen LogP) is 4.92. The Balaban J connectivity index is 2.57. The van der Waals surface area contributed by atoms with Gasteiger partial charge in [0.05, 0.1) is 11.3 Å². The normalized spacial score (nSPS) is 18.6. The molecule has 1 amide bonds. The number of rotatable bonds is 7. The van der Waals surface area contributed by atoms with Crippen LogP contribution in [0.5, 0.6) is 0 Å². The van der Waals surface area contributed by atoms with Gasteiger partial charge in [0.25, 0.3) is 0 Å². The minimum Gasteiger partial charge on any atom is -0.446 e. The van der Waals surface area contributed by atoms with Crippen molar-refractivity contribution in [2.75, 3.05) is 6.61 Å². The van der Waals surface area contributed by atoms with Crippen LogP contribution >= 0.6 is 11.6 Å². The van der Waals surface area contributed by atoms with Gasteiger partial charge in [0.15, 0.2) is 24.9 Å². The molecule has 2 rings (SSSR count). The number of pyridine rings is 1. The van der Waals surface area contributed by atoms with Crippen molar-refractivity contribution >= 4 is 26.0 Å². The third kappa shape index (κ3) is 4.64. The molecule has 1 fully saturated rings. The highest BCUT2D eigenvalue weighted by Gasteiger charge is 2.63. The van der Waals surface area contributed by atoms with Crippen molar-refractivity contribution in [2.24, 2.45) is 5.73 Å². The van der Waals surface area contributed by atoms with Crippen LogP contribution < -0.4 is 5.73 Å². The quantitative estimate of drug-likeness (QED) is 0.441. The molecule has 1 saturated carbocycles. The second kappa shape index (κ2) is 7.69. The molecule has 6 nitrogen and oxygen atoms in total. The minimum absolute atomic E-state index is 0.0293. The first-order valence-corrected chi connectivity index (χ1v) is 13.1. The van der Waals surface area contributed by atoms with E-state index in [9.17, 15) is 9.90 Å². The van der Waals surface area contributed by atoms with Crippen LogP contribution in [0.2, 0.25) is 23.3 Å². The maximum absolute atomic E-state index is 15.1. The monoisotopic (exact) mass is 464 g/mol. The molecule has 170 valence electrons. The summed E-state index contributed by atoms with van der Waals surface area (Å²) in [5.41, 5.74) is -0.768. The summed E-state index contributed by atoms with van der Waals surface area (Å²) in [5, 5.41) is 10.4. The van der Waals surface area contributed by atoms with Gasteiger partial charge in [-0.15, -0.1) is 0 Å². The van der Waals surface area contributed by atoms with Crippen LogP contribution in [0, 0.1) is 5.82 Å². The Labute approximate surface area is 182 Å². The molecule has 1 aromatic heterocycles. The van der Waals surface area contributed by atoms with E-state index in [1.54, 1.807) is 13.8 Å². The highest BCUT2D eigenvalue weighted by molar-refractivity contribution is 6.74. The molecule has 0 bridgehead atoms. The van der Waals surface area contributed by atoms with Crippen LogP contribution in [0.3, 0.4) is 0 Å². The van der Waals surface area contributed by atoms with Crippen molar-refractivity contribution < 1.29 is 27.8 Å². The zero-order valence-corrected chi connectivity index (χ0v) is 20.3. The molecule has 0 aromatic carbocycles. The topological polar surface area (TPSA) is 94.7 Å². The lowest BCUT2D eigenvalue weighted by Gasteiger charge is -2.43. The van der Waals surface area contributed by atoms with E-state index in [2.05, 4.69) is 25.8 Å². The maximum atomic E-state index is 15.1. The van der Waals surface area contributed by atoms with Gasteiger partial charge >= 0.3 is 6.09 Å². The van der Waals surface area contributed by atoms with E-state index in [0.29, 0.717) is 0 Å². The number of amides is 1. The molecule has 0 radical (unpaired) electrons. The molecule has 1 aliphatic carbocycles. The molecule has 3 N–H and O–H groups in total. The zero-order valence-electron chi connectivity index (χ0n) is 18.5. The van der Waals surface area contributed by atoms with Crippen LogP contribution in [0.1, 0.15) is 58.7 Å². The van der Waals surface area contributed by atoms with E-state index in [1.165, 1.54) is 6.07 Å². The van der Waals surface area contributed by atoms with Crippen LogP contribution in [0.15, 0.2) is 6.07 Å². The Morgan fingerprint density at radius 1 is 1.33 bits per heavy atom. The zero-order chi connectivity index (χ0) is 23.3. The van der Waals surface area contributed by atoms with Crippen molar-refractivity contribution in [1.82, 2.24) is 4.98 Å². The molecular formula is C20H31ClF2N2O4Si. The molecule has 1 aromatic rings. The van der Waals surface area contributed by atoms with Gasteiger partial charge in [0.2, 0.25) is 0 Å². The number of hydrogen-bond donors (Lipinski definition) is 2. The van der Waals surface area contributed by atoms with Gasteiger partial charge in [-0.25, -0.2) is 18.6 Å². The summed E-state index contributed by atoms with van der Waals surface area (Å²) < 4.78 is 41.2. The van der Waals surface area contributed by atoms with Gasteiger partial charge in [-0.3, -0.25) is 0 Å². The Kier molecular flexibility index (Phi) is 6.40. The summed E-state index contributed by atoms with van der Waals surface area (Å²) in [4.78, 5) is 14.9. The lowest BCUT2D eigenvalue weighted by molar-refractivity contribution is -0.0970. The van der Waals surface area contributed by atoms with E-state index in [4.69, 9.17) is 26.5 Å². The molecule has 0 saturated heterocycles. The van der Waals surface area contributed by atoms with Crippen LogP contribution in [0.4, 0.5) is 13.6 Å². The molecule has 10 heteroatoms. The Morgan fingerprint density at radius 3 is 2.30 bits per heavy atom. The molecule has 0 aliphatic heterocycles. The lowest BCUT2D eigenvalue weighted by atomic mass is 9.88. The van der Waals surface area contributed by atoms with Crippen molar-refractivity contribution in [3.8, 4) is 0 Å². The number of nitrogens with zero attached hydrogens (tertiary/aromatic N) is 1. The standard InChI is InChI=1S/C20H31ClF2N2O4Si/c1-17(2,3)30(6,7)29-18(4,5)12-10-13(25-15(21)14(12)22)20(27,11-28-16(24)26)19(23)8-9-19/h10,27H,8-9,11H2,1-7H3,(H2,24,26). The number of hydrogen-bond acceptors (Lipinski definition) is 5. The SMILES string of the molecule is CC(C)(O[Si](C)(C)C(C)(C)C)c1cc(C(O)(COC(N)=O)C2(F)CC2)nc(Cl)c1F. The molecule has 1 atom stereocenters. The Hall–Kier alpha value is -1.29. The predicted molar refractivity (Wildman–Crippen MR) is 113 cm³/mol. The summed E-state index contributed by atoms with van der Waals surface area (Å²) >= 11 is 6.03. The first-order chi connectivity index (χ1) is 13.4. The number of ether oxygens (including phenoxy) is 1. The smallest absolute Gasteiger partial charge is 0.404 e. The fourth-order valence-corrected chi connectivity index (χ4v) is 5.01. The summed E-state index contributed by atoms with van der Waals surface area (Å²) in [5.74, 6) is -0.814. The Morgan fingerprint density at radius 2 is 1.87 bits per heavy atom. The van der Waals surface area contributed by atoms with Gasteiger partial charge in [-0.1, -0.05) is 32.4 Å². The Bertz CT molecular complexity index is 841. The van der Waals surface area contributed by atoms with Gasteiger partial charge in [-0.05, 0) is 50.9 Å². The number of halogens is 3. The van der Waals surface area contributed by atoms with Gasteiger partial charge in [0.1, 0.15) is 12.3 Å². The van der Waals surface area contributed by atoms with Crippen LogP contribution in [-0.2, 0) is 20.4 Å². The average molecular weight is 465 g/mol. The largest absolute Gasteiger partial charge is 0.446 e. The van der Waals surface area contributed by atoms with E-state index in [1.807, 2.05) is 13.1 Å². The summed E-state index contributed by atoms with van der Waals surface area (Å²) in [6.45, 7) is 12.8. The van der Waals surface area contributed by atoms with Crippen molar-refractivity contribution in [1.29, 1.82) is 0 Å². The second-order valence-electron chi connectivity index (χ2n) is 9.97. The summed E-state index contributed by atoms with van der Waals surface area (Å²) in [6.07, 6.45) is -1.11. The number of aliphatic hydroxyl groups is 1. The van der Waals surface area contributed by atoms with E-state index in [0.717, 1.165) is 0 Å². The fraction of sp³-hybridized carbons (Fsp3) is 0.700. The van der Waals surface area contributed by atoms with E-state index in [-0.39, 0.29) is 29.1 Å². The summed E-state index contributed by atoms with van der Waals surface area (Å²) in [7, 11) is -2.33. The highest BCUT2D eigenvalue weighted by Crippen LogP contribution is 2.54. The van der Waals surface area contributed by atoms with Gasteiger partial charge in [-0.2, -0.15) is 0 Å². The molecule has 1 aliphatic rings.